The van der Waals surface area contributed by atoms with Crippen molar-refractivity contribution in [1.82, 2.24) is 9.62 Å². The molecule has 3 N–H and O–H groups in total. The van der Waals surface area contributed by atoms with Gasteiger partial charge < -0.3 is 10.6 Å². The van der Waals surface area contributed by atoms with Crippen LogP contribution in [0, 0.1) is 12.8 Å². The summed E-state index contributed by atoms with van der Waals surface area (Å²) in [6, 6.07) is 13.8. The van der Waals surface area contributed by atoms with Gasteiger partial charge in [0.25, 0.3) is 5.91 Å². The number of aryl methyl sites for hydroxylation is 1. The van der Waals surface area contributed by atoms with Crippen molar-refractivity contribution in [2.45, 2.75) is 24.7 Å². The van der Waals surface area contributed by atoms with Gasteiger partial charge in [0.15, 0.2) is 0 Å². The molecular formula is C20H25N3O3S. The highest BCUT2D eigenvalue weighted by atomic mass is 32.2. The highest BCUT2D eigenvalue weighted by molar-refractivity contribution is 7.89. The molecular weight excluding hydrogens is 362 g/mol. The monoisotopic (exact) mass is 387 g/mol. The molecule has 1 fully saturated rings. The van der Waals surface area contributed by atoms with Crippen molar-refractivity contribution in [3.63, 3.8) is 0 Å². The minimum Gasteiger partial charge on any atom is -0.398 e. The molecule has 1 aliphatic heterocycles. The highest BCUT2D eigenvalue weighted by Gasteiger charge is 2.26. The first-order valence-corrected chi connectivity index (χ1v) is 10.6. The normalized spacial score (nSPS) is 17.7. The number of anilines is 1. The SMILES string of the molecule is Cc1ccc(S(=O)(=O)NCC2CCCN(C(=O)c3ccccc3N)C2)cc1. The third-order valence-corrected chi connectivity index (χ3v) is 6.33. The maximum absolute atomic E-state index is 12.7. The third-order valence-electron chi connectivity index (χ3n) is 4.89. The van der Waals surface area contributed by atoms with E-state index in [1.54, 1.807) is 53.4 Å². The number of para-hydroxylation sites is 1. The van der Waals surface area contributed by atoms with Gasteiger partial charge in [0, 0.05) is 25.3 Å². The van der Waals surface area contributed by atoms with Crippen molar-refractivity contribution in [3.8, 4) is 0 Å². The summed E-state index contributed by atoms with van der Waals surface area (Å²) in [7, 11) is -3.55. The van der Waals surface area contributed by atoms with Gasteiger partial charge in [0.2, 0.25) is 10.0 Å². The number of hydrogen-bond acceptors (Lipinski definition) is 4. The summed E-state index contributed by atoms with van der Waals surface area (Å²) < 4.78 is 27.6. The molecule has 0 radical (unpaired) electrons. The molecule has 0 aromatic heterocycles. The van der Waals surface area contributed by atoms with Crippen LogP contribution in [0.3, 0.4) is 0 Å². The number of hydrogen-bond donors (Lipinski definition) is 2. The van der Waals surface area contributed by atoms with Crippen LogP contribution in [0.5, 0.6) is 0 Å². The Balaban J connectivity index is 1.62. The summed E-state index contributed by atoms with van der Waals surface area (Å²) >= 11 is 0. The molecule has 0 saturated carbocycles. The standard InChI is InChI=1S/C20H25N3O3S/c1-15-8-10-17(11-9-15)27(25,26)22-13-16-5-4-12-23(14-16)20(24)18-6-2-3-7-19(18)21/h2-3,6-11,16,22H,4-5,12-14,21H2,1H3. The number of nitrogens with zero attached hydrogens (tertiary/aromatic N) is 1. The van der Waals surface area contributed by atoms with Gasteiger partial charge in [-0.3, -0.25) is 4.79 Å². The topological polar surface area (TPSA) is 92.5 Å². The van der Waals surface area contributed by atoms with E-state index in [4.69, 9.17) is 5.73 Å². The van der Waals surface area contributed by atoms with E-state index in [0.29, 0.717) is 30.9 Å². The van der Waals surface area contributed by atoms with Gasteiger partial charge in [-0.2, -0.15) is 0 Å². The summed E-state index contributed by atoms with van der Waals surface area (Å²) in [5, 5.41) is 0. The van der Waals surface area contributed by atoms with E-state index >= 15 is 0 Å². The maximum Gasteiger partial charge on any atom is 0.255 e. The van der Waals surface area contributed by atoms with Crippen LogP contribution in [-0.4, -0.2) is 38.9 Å². The smallest absolute Gasteiger partial charge is 0.255 e. The van der Waals surface area contributed by atoms with Crippen LogP contribution in [0.1, 0.15) is 28.8 Å². The number of rotatable bonds is 5. The zero-order valence-electron chi connectivity index (χ0n) is 15.4. The molecule has 1 saturated heterocycles. The zero-order valence-corrected chi connectivity index (χ0v) is 16.2. The second-order valence-corrected chi connectivity index (χ2v) is 8.78. The van der Waals surface area contributed by atoms with Crippen molar-refractivity contribution in [3.05, 3.63) is 59.7 Å². The number of carbonyl (C=O) groups excluding carboxylic acids is 1. The van der Waals surface area contributed by atoms with Crippen LogP contribution >= 0.6 is 0 Å². The van der Waals surface area contributed by atoms with E-state index in [0.717, 1.165) is 18.4 Å². The lowest BCUT2D eigenvalue weighted by Gasteiger charge is -2.33. The predicted octanol–water partition coefficient (Wildman–Crippen LogP) is 2.41. The Morgan fingerprint density at radius 2 is 1.89 bits per heavy atom. The van der Waals surface area contributed by atoms with Crippen LogP contribution < -0.4 is 10.5 Å². The number of benzene rings is 2. The van der Waals surface area contributed by atoms with Gasteiger partial charge in [0.1, 0.15) is 0 Å². The van der Waals surface area contributed by atoms with E-state index in [-0.39, 0.29) is 16.7 Å². The molecule has 0 spiro atoms. The summed E-state index contributed by atoms with van der Waals surface area (Å²) in [5.74, 6) is -0.0212. The Kier molecular flexibility index (Phi) is 5.82. The van der Waals surface area contributed by atoms with Gasteiger partial charge in [-0.25, -0.2) is 13.1 Å². The molecule has 1 heterocycles. The molecule has 0 aliphatic carbocycles. The van der Waals surface area contributed by atoms with Gasteiger partial charge in [-0.15, -0.1) is 0 Å². The van der Waals surface area contributed by atoms with E-state index in [2.05, 4.69) is 4.72 Å². The van der Waals surface area contributed by atoms with Crippen LogP contribution in [-0.2, 0) is 10.0 Å². The van der Waals surface area contributed by atoms with E-state index in [1.807, 2.05) is 6.92 Å². The number of sulfonamides is 1. The van der Waals surface area contributed by atoms with Gasteiger partial charge in [-0.1, -0.05) is 29.8 Å². The molecule has 7 heteroatoms. The Labute approximate surface area is 160 Å². The van der Waals surface area contributed by atoms with Crippen molar-refractivity contribution in [1.29, 1.82) is 0 Å². The lowest BCUT2D eigenvalue weighted by Crippen LogP contribution is -2.43. The molecule has 144 valence electrons. The Bertz CT molecular complexity index is 910. The summed E-state index contributed by atoms with van der Waals surface area (Å²) in [6.45, 7) is 3.40. The minimum atomic E-state index is -3.55. The van der Waals surface area contributed by atoms with Crippen molar-refractivity contribution in [2.24, 2.45) is 5.92 Å². The summed E-state index contributed by atoms with van der Waals surface area (Å²) in [5.41, 5.74) is 7.89. The number of piperidine rings is 1. The van der Waals surface area contributed by atoms with Gasteiger partial charge in [0.05, 0.1) is 10.5 Å². The minimum absolute atomic E-state index is 0.0767. The molecule has 1 atom stereocenters. The van der Waals surface area contributed by atoms with Gasteiger partial charge >= 0.3 is 0 Å². The average Bonchev–Trinajstić information content (AvgIpc) is 2.67. The molecule has 27 heavy (non-hydrogen) atoms. The maximum atomic E-state index is 12.7. The first-order valence-electron chi connectivity index (χ1n) is 9.07. The summed E-state index contributed by atoms with van der Waals surface area (Å²) in [6.07, 6.45) is 1.72. The number of amides is 1. The van der Waals surface area contributed by atoms with E-state index < -0.39 is 10.0 Å². The number of carbonyl (C=O) groups is 1. The third kappa shape index (κ3) is 4.67. The zero-order chi connectivity index (χ0) is 19.4. The number of nitrogen functional groups attached to an aromatic ring is 1. The number of nitrogens with one attached hydrogen (secondary N) is 1. The molecule has 2 aromatic rings. The molecule has 2 aromatic carbocycles. The summed E-state index contributed by atoms with van der Waals surface area (Å²) in [4.78, 5) is 14.8. The lowest BCUT2D eigenvalue weighted by atomic mass is 9.97. The average molecular weight is 388 g/mol. The van der Waals surface area contributed by atoms with E-state index in [1.165, 1.54) is 0 Å². The van der Waals surface area contributed by atoms with E-state index in [9.17, 15) is 13.2 Å². The molecule has 1 aliphatic rings. The fraction of sp³-hybridized carbons (Fsp3) is 0.350. The van der Waals surface area contributed by atoms with Crippen LogP contribution in [0.2, 0.25) is 0 Å². The Hall–Kier alpha value is -2.38. The largest absolute Gasteiger partial charge is 0.398 e. The lowest BCUT2D eigenvalue weighted by molar-refractivity contribution is 0.0677. The molecule has 0 bridgehead atoms. The van der Waals surface area contributed by atoms with Crippen LogP contribution in [0.15, 0.2) is 53.4 Å². The fourth-order valence-corrected chi connectivity index (χ4v) is 4.42. The molecule has 1 unspecified atom stereocenters. The molecule has 1 amide bonds. The Morgan fingerprint density at radius 3 is 2.59 bits per heavy atom. The quantitative estimate of drug-likeness (QED) is 0.771. The molecule has 3 rings (SSSR count). The van der Waals surface area contributed by atoms with Gasteiger partial charge in [-0.05, 0) is 49.9 Å². The van der Waals surface area contributed by atoms with Crippen LogP contribution in [0.25, 0.3) is 0 Å². The second kappa shape index (κ2) is 8.10. The fourth-order valence-electron chi connectivity index (χ4n) is 3.31. The van der Waals surface area contributed by atoms with Crippen molar-refractivity contribution >= 4 is 21.6 Å². The molecule has 6 nitrogen and oxygen atoms in total. The predicted molar refractivity (Wildman–Crippen MR) is 106 cm³/mol. The second-order valence-electron chi connectivity index (χ2n) is 7.01. The number of likely N-dealkylation sites (tertiary alicyclic amines) is 1. The Morgan fingerprint density at radius 1 is 1.19 bits per heavy atom. The van der Waals surface area contributed by atoms with Crippen molar-refractivity contribution < 1.29 is 13.2 Å². The highest BCUT2D eigenvalue weighted by Crippen LogP contribution is 2.21. The first-order chi connectivity index (χ1) is 12.9. The number of nitrogens with two attached hydrogens (primary N) is 1. The first kappa shape index (κ1) is 19.4. The van der Waals surface area contributed by atoms with Crippen molar-refractivity contribution in [2.75, 3.05) is 25.4 Å². The van der Waals surface area contributed by atoms with Crippen LogP contribution in [0.4, 0.5) is 5.69 Å².